The first-order chi connectivity index (χ1) is 13.3. The van der Waals surface area contributed by atoms with Gasteiger partial charge in [0.1, 0.15) is 11.4 Å². The van der Waals surface area contributed by atoms with Crippen LogP contribution in [0.5, 0.6) is 11.8 Å². The molecular formula is C17H13F3N6O2. The van der Waals surface area contributed by atoms with Crippen molar-refractivity contribution in [2.45, 2.75) is 24.9 Å². The van der Waals surface area contributed by atoms with Gasteiger partial charge < -0.3 is 10.5 Å². The van der Waals surface area contributed by atoms with Crippen molar-refractivity contribution in [3.05, 3.63) is 47.4 Å². The molecular weight excluding hydrogens is 377 g/mol. The second-order valence-electron chi connectivity index (χ2n) is 6.24. The van der Waals surface area contributed by atoms with Crippen molar-refractivity contribution >= 4 is 5.91 Å². The van der Waals surface area contributed by atoms with E-state index in [9.17, 15) is 18.0 Å². The van der Waals surface area contributed by atoms with Crippen LogP contribution in [0, 0.1) is 0 Å². The van der Waals surface area contributed by atoms with Gasteiger partial charge in [0, 0.05) is 11.5 Å². The van der Waals surface area contributed by atoms with Gasteiger partial charge in [-0.3, -0.25) is 4.79 Å². The lowest BCUT2D eigenvalue weighted by molar-refractivity contribution is -0.141. The molecule has 144 valence electrons. The van der Waals surface area contributed by atoms with Gasteiger partial charge in [-0.2, -0.15) is 38.5 Å². The molecule has 0 unspecified atom stereocenters. The molecule has 0 atom stereocenters. The average molecular weight is 390 g/mol. The lowest BCUT2D eigenvalue weighted by Crippen LogP contribution is -2.12. The summed E-state index contributed by atoms with van der Waals surface area (Å²) in [6.45, 7) is 0. The number of primary amides is 1. The fourth-order valence-electron chi connectivity index (χ4n) is 2.61. The molecule has 1 fully saturated rings. The molecule has 0 bridgehead atoms. The third-order valence-electron chi connectivity index (χ3n) is 4.13. The van der Waals surface area contributed by atoms with Crippen LogP contribution in [0.2, 0.25) is 0 Å². The van der Waals surface area contributed by atoms with Crippen LogP contribution in [0.1, 0.15) is 40.6 Å². The van der Waals surface area contributed by atoms with Crippen molar-refractivity contribution in [3.8, 4) is 23.0 Å². The van der Waals surface area contributed by atoms with Gasteiger partial charge in [0.15, 0.2) is 11.4 Å². The molecule has 1 aliphatic rings. The number of aromatic amines is 1. The number of benzene rings is 1. The Bertz CT molecular complexity index is 1030. The van der Waals surface area contributed by atoms with E-state index in [2.05, 4.69) is 25.4 Å². The fourth-order valence-corrected chi connectivity index (χ4v) is 2.61. The van der Waals surface area contributed by atoms with Gasteiger partial charge in [0.25, 0.3) is 5.91 Å². The molecule has 1 aliphatic carbocycles. The standard InChI is InChI=1S/C17H13F3N6O2/c18-17(19,20)12-7-11(8-1-2-8)22-16(23-12)28-10-5-3-9(4-6-10)13-14(15(21)27)25-26-24-13/h3-8H,1-2H2,(H2,21,27)(H,24,25,26). The molecule has 3 aromatic rings. The summed E-state index contributed by atoms with van der Waals surface area (Å²) in [5.74, 6) is -0.504. The van der Waals surface area contributed by atoms with Crippen LogP contribution >= 0.6 is 0 Å². The fraction of sp³-hybridized carbons (Fsp3) is 0.235. The molecule has 11 heteroatoms. The summed E-state index contributed by atoms with van der Waals surface area (Å²) in [5.41, 5.74) is 5.27. The highest BCUT2D eigenvalue weighted by molar-refractivity contribution is 5.96. The van der Waals surface area contributed by atoms with Gasteiger partial charge in [-0.15, -0.1) is 0 Å². The number of ether oxygens (including phenoxy) is 1. The summed E-state index contributed by atoms with van der Waals surface area (Å²) < 4.78 is 44.7. The molecule has 1 aromatic carbocycles. The van der Waals surface area contributed by atoms with Crippen molar-refractivity contribution in [1.29, 1.82) is 0 Å². The SMILES string of the molecule is NC(=O)c1n[nH]nc1-c1ccc(Oc2nc(C3CC3)cc(C(F)(F)F)n2)cc1. The number of nitrogens with zero attached hydrogens (tertiary/aromatic N) is 4. The molecule has 0 radical (unpaired) electrons. The molecule has 3 N–H and O–H groups in total. The second kappa shape index (κ2) is 6.59. The van der Waals surface area contributed by atoms with Crippen LogP contribution in [0.25, 0.3) is 11.3 Å². The van der Waals surface area contributed by atoms with Crippen molar-refractivity contribution in [2.24, 2.45) is 5.73 Å². The number of rotatable bonds is 5. The first-order valence-corrected chi connectivity index (χ1v) is 8.26. The van der Waals surface area contributed by atoms with Crippen molar-refractivity contribution in [1.82, 2.24) is 25.4 Å². The Morgan fingerprint density at radius 1 is 1.14 bits per heavy atom. The van der Waals surface area contributed by atoms with E-state index in [4.69, 9.17) is 10.5 Å². The third-order valence-corrected chi connectivity index (χ3v) is 4.13. The molecule has 4 rings (SSSR count). The quantitative estimate of drug-likeness (QED) is 0.691. The first-order valence-electron chi connectivity index (χ1n) is 8.26. The summed E-state index contributed by atoms with van der Waals surface area (Å²) in [4.78, 5) is 18.9. The number of H-pyrrole nitrogens is 1. The number of aromatic nitrogens is 5. The Hall–Kier alpha value is -3.50. The number of alkyl halides is 3. The summed E-state index contributed by atoms with van der Waals surface area (Å²) in [5, 5.41) is 9.87. The van der Waals surface area contributed by atoms with Gasteiger partial charge in [0.05, 0.1) is 5.69 Å². The largest absolute Gasteiger partial charge is 0.433 e. The van der Waals surface area contributed by atoms with E-state index in [0.29, 0.717) is 11.3 Å². The number of amides is 1. The van der Waals surface area contributed by atoms with Gasteiger partial charge in [-0.25, -0.2) is 0 Å². The summed E-state index contributed by atoms with van der Waals surface area (Å²) in [6, 6.07) is 6.71. The Balaban J connectivity index is 1.60. The lowest BCUT2D eigenvalue weighted by Gasteiger charge is -2.11. The van der Waals surface area contributed by atoms with E-state index in [0.717, 1.165) is 18.9 Å². The van der Waals surface area contributed by atoms with Gasteiger partial charge in [0.2, 0.25) is 0 Å². The Morgan fingerprint density at radius 2 is 1.86 bits per heavy atom. The monoisotopic (exact) mass is 390 g/mol. The van der Waals surface area contributed by atoms with Gasteiger partial charge in [-0.05, 0) is 43.2 Å². The predicted molar refractivity (Wildman–Crippen MR) is 89.4 cm³/mol. The lowest BCUT2D eigenvalue weighted by atomic mass is 10.1. The topological polar surface area (TPSA) is 120 Å². The molecule has 8 nitrogen and oxygen atoms in total. The minimum absolute atomic E-state index is 0.00760. The number of hydrogen-bond acceptors (Lipinski definition) is 6. The zero-order chi connectivity index (χ0) is 19.9. The maximum Gasteiger partial charge on any atom is 0.433 e. The zero-order valence-electron chi connectivity index (χ0n) is 14.2. The minimum atomic E-state index is -4.59. The number of hydrogen-bond donors (Lipinski definition) is 2. The van der Waals surface area contributed by atoms with Crippen LogP contribution in [-0.2, 0) is 6.18 Å². The second-order valence-corrected chi connectivity index (χ2v) is 6.24. The summed E-state index contributed by atoms with van der Waals surface area (Å²) in [6.07, 6.45) is -3.00. The number of halogens is 3. The van der Waals surface area contributed by atoms with E-state index in [-0.39, 0.29) is 29.1 Å². The molecule has 1 saturated carbocycles. The molecule has 0 saturated heterocycles. The Kier molecular flexibility index (Phi) is 4.21. The van der Waals surface area contributed by atoms with Crippen LogP contribution in [-0.4, -0.2) is 31.3 Å². The normalized spacial score (nSPS) is 14.1. The number of nitrogens with two attached hydrogens (primary N) is 1. The van der Waals surface area contributed by atoms with Crippen molar-refractivity contribution < 1.29 is 22.7 Å². The molecule has 0 spiro atoms. The molecule has 2 aromatic heterocycles. The van der Waals surface area contributed by atoms with Crippen LogP contribution in [0.3, 0.4) is 0 Å². The van der Waals surface area contributed by atoms with Crippen molar-refractivity contribution in [2.75, 3.05) is 0 Å². The van der Waals surface area contributed by atoms with E-state index in [1.54, 1.807) is 12.1 Å². The highest BCUT2D eigenvalue weighted by atomic mass is 19.4. The van der Waals surface area contributed by atoms with Crippen LogP contribution in [0.15, 0.2) is 30.3 Å². The summed E-state index contributed by atoms with van der Waals surface area (Å²) in [7, 11) is 0. The van der Waals surface area contributed by atoms with E-state index >= 15 is 0 Å². The minimum Gasteiger partial charge on any atom is -0.424 e. The van der Waals surface area contributed by atoms with Gasteiger partial charge >= 0.3 is 12.2 Å². The molecule has 2 heterocycles. The Labute approximate surface area is 156 Å². The van der Waals surface area contributed by atoms with E-state index in [1.165, 1.54) is 12.1 Å². The maximum atomic E-state index is 13.1. The van der Waals surface area contributed by atoms with Crippen LogP contribution < -0.4 is 10.5 Å². The number of carbonyl (C=O) groups is 1. The first kappa shape index (κ1) is 17.9. The highest BCUT2D eigenvalue weighted by Crippen LogP contribution is 2.41. The maximum absolute atomic E-state index is 13.1. The number of carbonyl (C=O) groups excluding carboxylic acids is 1. The third kappa shape index (κ3) is 3.63. The molecule has 0 aliphatic heterocycles. The van der Waals surface area contributed by atoms with E-state index in [1.807, 2.05) is 0 Å². The molecule has 1 amide bonds. The van der Waals surface area contributed by atoms with Gasteiger partial charge in [-0.1, -0.05) is 0 Å². The Morgan fingerprint density at radius 3 is 2.46 bits per heavy atom. The molecule has 28 heavy (non-hydrogen) atoms. The summed E-state index contributed by atoms with van der Waals surface area (Å²) >= 11 is 0. The highest BCUT2D eigenvalue weighted by Gasteiger charge is 2.36. The average Bonchev–Trinajstić information content (AvgIpc) is 3.38. The van der Waals surface area contributed by atoms with E-state index < -0.39 is 17.8 Å². The predicted octanol–water partition coefficient (Wildman–Crippen LogP) is 3.05. The van der Waals surface area contributed by atoms with Crippen molar-refractivity contribution in [3.63, 3.8) is 0 Å². The smallest absolute Gasteiger partial charge is 0.424 e. The number of nitrogens with one attached hydrogen (secondary N) is 1. The van der Waals surface area contributed by atoms with Crippen LogP contribution in [0.4, 0.5) is 13.2 Å². The zero-order valence-corrected chi connectivity index (χ0v) is 14.2.